The van der Waals surface area contributed by atoms with Gasteiger partial charge in [-0.2, -0.15) is 14.9 Å². The molecule has 0 spiro atoms. The van der Waals surface area contributed by atoms with Crippen molar-refractivity contribution in [1.82, 2.24) is 14.9 Å². The molecule has 116 valence electrons. The molecule has 3 rings (SSSR count). The third kappa shape index (κ3) is 3.37. The molecule has 2 aromatic carbocycles. The van der Waals surface area contributed by atoms with Gasteiger partial charge in [0.2, 0.25) is 4.77 Å². The lowest BCUT2D eigenvalue weighted by molar-refractivity contribution is 0.871. The Labute approximate surface area is 148 Å². The molecule has 1 aromatic heterocycles. The highest BCUT2D eigenvalue weighted by Gasteiger charge is 2.08. The number of aryl methyl sites for hydroxylation is 1. The number of H-pyrrole nitrogens is 1. The highest BCUT2D eigenvalue weighted by Crippen LogP contribution is 2.23. The number of hydrogen-bond acceptors (Lipinski definition) is 3. The topological polar surface area (TPSA) is 46.0 Å². The average Bonchev–Trinajstić information content (AvgIpc) is 2.89. The summed E-state index contributed by atoms with van der Waals surface area (Å²) in [6.07, 6.45) is 1.58. The summed E-state index contributed by atoms with van der Waals surface area (Å²) in [7, 11) is 0. The van der Waals surface area contributed by atoms with Gasteiger partial charge in [0.1, 0.15) is 0 Å². The SMILES string of the molecule is Cc1ccc(-c2n[nH]c(=S)n2/N=C/c2c(Cl)cccc2Cl)cc1. The van der Waals surface area contributed by atoms with E-state index in [-0.39, 0.29) is 0 Å². The molecule has 1 heterocycles. The predicted octanol–water partition coefficient (Wildman–Crippen LogP) is 5.11. The Hall–Kier alpha value is -1.95. The molecule has 0 bridgehead atoms. The molecular formula is C16H12Cl2N4S. The number of aromatic amines is 1. The first-order valence-electron chi connectivity index (χ1n) is 6.79. The van der Waals surface area contributed by atoms with Gasteiger partial charge in [0.25, 0.3) is 0 Å². The van der Waals surface area contributed by atoms with E-state index in [9.17, 15) is 0 Å². The molecular weight excluding hydrogens is 351 g/mol. The van der Waals surface area contributed by atoms with Crippen molar-refractivity contribution in [2.75, 3.05) is 0 Å². The Balaban J connectivity index is 2.04. The minimum atomic E-state index is 0.389. The van der Waals surface area contributed by atoms with E-state index >= 15 is 0 Å². The first kappa shape index (κ1) is 15.9. The van der Waals surface area contributed by atoms with Crippen molar-refractivity contribution >= 4 is 41.6 Å². The lowest BCUT2D eigenvalue weighted by Crippen LogP contribution is -1.96. The summed E-state index contributed by atoms with van der Waals surface area (Å²) in [5.74, 6) is 0.620. The van der Waals surface area contributed by atoms with E-state index in [1.165, 1.54) is 5.56 Å². The second-order valence-corrected chi connectivity index (χ2v) is 6.11. The van der Waals surface area contributed by atoms with Crippen molar-refractivity contribution in [2.45, 2.75) is 6.92 Å². The first-order valence-corrected chi connectivity index (χ1v) is 7.95. The summed E-state index contributed by atoms with van der Waals surface area (Å²) < 4.78 is 1.93. The molecule has 0 fully saturated rings. The number of benzene rings is 2. The molecule has 0 saturated heterocycles. The van der Waals surface area contributed by atoms with E-state index in [0.717, 1.165) is 5.56 Å². The van der Waals surface area contributed by atoms with Gasteiger partial charge in [-0.15, -0.1) is 0 Å². The lowest BCUT2D eigenvalue weighted by Gasteiger charge is -2.03. The summed E-state index contributed by atoms with van der Waals surface area (Å²) in [6.45, 7) is 2.03. The van der Waals surface area contributed by atoms with Crippen LogP contribution in [0.2, 0.25) is 10.0 Å². The maximum Gasteiger partial charge on any atom is 0.216 e. The summed E-state index contributed by atoms with van der Waals surface area (Å²) in [5.41, 5.74) is 2.71. The van der Waals surface area contributed by atoms with Crippen LogP contribution < -0.4 is 0 Å². The number of rotatable bonds is 3. The second-order valence-electron chi connectivity index (χ2n) is 4.91. The maximum absolute atomic E-state index is 6.15. The van der Waals surface area contributed by atoms with Gasteiger partial charge in [-0.25, -0.2) is 5.10 Å². The van der Waals surface area contributed by atoms with Crippen LogP contribution in [0.3, 0.4) is 0 Å². The van der Waals surface area contributed by atoms with Gasteiger partial charge in [0.05, 0.1) is 16.3 Å². The number of nitrogens with one attached hydrogen (secondary N) is 1. The fourth-order valence-corrected chi connectivity index (χ4v) is 2.71. The van der Waals surface area contributed by atoms with E-state index < -0.39 is 0 Å². The summed E-state index contributed by atoms with van der Waals surface area (Å²) in [5, 5.41) is 12.4. The van der Waals surface area contributed by atoms with Crippen LogP contribution in [0.15, 0.2) is 47.6 Å². The van der Waals surface area contributed by atoms with E-state index in [2.05, 4.69) is 15.3 Å². The van der Waals surface area contributed by atoms with Crippen LogP contribution in [0.25, 0.3) is 11.4 Å². The van der Waals surface area contributed by atoms with Crippen LogP contribution in [0.1, 0.15) is 11.1 Å². The average molecular weight is 363 g/mol. The van der Waals surface area contributed by atoms with E-state index in [0.29, 0.717) is 26.2 Å². The Kier molecular flexibility index (Phi) is 4.61. The predicted molar refractivity (Wildman–Crippen MR) is 97.0 cm³/mol. The summed E-state index contributed by atoms with van der Waals surface area (Å²) in [4.78, 5) is 0. The van der Waals surface area contributed by atoms with E-state index in [1.807, 2.05) is 31.2 Å². The zero-order valence-electron chi connectivity index (χ0n) is 12.1. The largest absolute Gasteiger partial charge is 0.250 e. The summed E-state index contributed by atoms with van der Waals surface area (Å²) in [6, 6.07) is 13.2. The molecule has 7 heteroatoms. The normalized spacial score (nSPS) is 11.3. The van der Waals surface area contributed by atoms with Crippen molar-refractivity contribution in [3.63, 3.8) is 0 Å². The third-order valence-electron chi connectivity index (χ3n) is 3.26. The zero-order valence-corrected chi connectivity index (χ0v) is 14.5. The van der Waals surface area contributed by atoms with Crippen molar-refractivity contribution in [2.24, 2.45) is 5.10 Å². The Morgan fingerprint density at radius 3 is 2.43 bits per heavy atom. The zero-order chi connectivity index (χ0) is 16.4. The molecule has 0 unspecified atom stereocenters. The highest BCUT2D eigenvalue weighted by molar-refractivity contribution is 7.71. The number of aromatic nitrogens is 3. The number of nitrogens with zero attached hydrogens (tertiary/aromatic N) is 3. The van der Waals surface area contributed by atoms with E-state index in [4.69, 9.17) is 35.4 Å². The molecule has 0 radical (unpaired) electrons. The molecule has 3 aromatic rings. The van der Waals surface area contributed by atoms with Crippen molar-refractivity contribution in [3.05, 3.63) is 68.4 Å². The van der Waals surface area contributed by atoms with Crippen LogP contribution in [0.5, 0.6) is 0 Å². The molecule has 0 amide bonds. The molecule has 0 aliphatic rings. The molecule has 23 heavy (non-hydrogen) atoms. The monoisotopic (exact) mass is 362 g/mol. The van der Waals surface area contributed by atoms with Gasteiger partial charge in [-0.1, -0.05) is 59.1 Å². The molecule has 0 atom stereocenters. The van der Waals surface area contributed by atoms with Crippen molar-refractivity contribution in [1.29, 1.82) is 0 Å². The van der Waals surface area contributed by atoms with Crippen LogP contribution >= 0.6 is 35.4 Å². The van der Waals surface area contributed by atoms with Crippen LogP contribution in [-0.2, 0) is 0 Å². The smallest absolute Gasteiger partial charge is 0.216 e. The molecule has 0 aliphatic heterocycles. The lowest BCUT2D eigenvalue weighted by atomic mass is 10.1. The maximum atomic E-state index is 6.15. The Bertz CT molecular complexity index is 906. The van der Waals surface area contributed by atoms with E-state index in [1.54, 1.807) is 29.1 Å². The van der Waals surface area contributed by atoms with Crippen molar-refractivity contribution < 1.29 is 0 Å². The van der Waals surface area contributed by atoms with Crippen LogP contribution in [-0.4, -0.2) is 21.1 Å². The Morgan fingerprint density at radius 2 is 1.78 bits per heavy atom. The molecule has 0 saturated carbocycles. The van der Waals surface area contributed by atoms with Gasteiger partial charge < -0.3 is 0 Å². The second kappa shape index (κ2) is 6.66. The first-order chi connectivity index (χ1) is 11.1. The van der Waals surface area contributed by atoms with Gasteiger partial charge in [-0.05, 0) is 31.3 Å². The number of halogens is 2. The summed E-state index contributed by atoms with van der Waals surface area (Å²) >= 11 is 17.5. The molecule has 0 aliphatic carbocycles. The van der Waals surface area contributed by atoms with Crippen LogP contribution in [0.4, 0.5) is 0 Å². The van der Waals surface area contributed by atoms with Gasteiger partial charge in [0.15, 0.2) is 5.82 Å². The highest BCUT2D eigenvalue weighted by atomic mass is 35.5. The van der Waals surface area contributed by atoms with Gasteiger partial charge in [0, 0.05) is 11.1 Å². The quantitative estimate of drug-likeness (QED) is 0.520. The fourth-order valence-electron chi connectivity index (χ4n) is 2.04. The minimum absolute atomic E-state index is 0.389. The fraction of sp³-hybridized carbons (Fsp3) is 0.0625. The van der Waals surface area contributed by atoms with Crippen molar-refractivity contribution in [3.8, 4) is 11.4 Å². The minimum Gasteiger partial charge on any atom is -0.250 e. The standard InChI is InChI=1S/C16H12Cl2N4S/c1-10-5-7-11(8-6-10)15-20-21-16(23)22(15)19-9-12-13(17)3-2-4-14(12)18/h2-9H,1H3,(H,21,23)/b19-9+. The third-order valence-corrected chi connectivity index (χ3v) is 4.19. The Morgan fingerprint density at radius 1 is 1.13 bits per heavy atom. The molecule has 4 nitrogen and oxygen atoms in total. The number of hydrogen-bond donors (Lipinski definition) is 1. The van der Waals surface area contributed by atoms with Gasteiger partial charge >= 0.3 is 0 Å². The van der Waals surface area contributed by atoms with Gasteiger partial charge in [-0.3, -0.25) is 0 Å². The molecule has 1 N–H and O–H groups in total. The van der Waals surface area contributed by atoms with Crippen LogP contribution in [0, 0.1) is 11.7 Å².